The summed E-state index contributed by atoms with van der Waals surface area (Å²) in [6.45, 7) is 14.2. The van der Waals surface area contributed by atoms with Crippen LogP contribution in [0.3, 0.4) is 0 Å². The maximum absolute atomic E-state index is 11.4. The van der Waals surface area contributed by atoms with Gasteiger partial charge in [-0.05, 0) is 34.6 Å². The summed E-state index contributed by atoms with van der Waals surface area (Å²) in [6, 6.07) is -4.37. The van der Waals surface area contributed by atoms with Crippen molar-refractivity contribution in [3.63, 3.8) is 0 Å². The first-order valence-electron chi connectivity index (χ1n) is 30.8. The van der Waals surface area contributed by atoms with E-state index in [1.165, 1.54) is 34.6 Å². The second kappa shape index (κ2) is 47.9. The predicted molar refractivity (Wildman–Crippen MR) is 338 cm³/mol. The van der Waals surface area contributed by atoms with Gasteiger partial charge in [-0.1, -0.05) is 0 Å². The molecule has 5 fully saturated rings. The van der Waals surface area contributed by atoms with Crippen molar-refractivity contribution in [2.24, 2.45) is 0 Å². The molecule has 5 saturated heterocycles. The van der Waals surface area contributed by atoms with Gasteiger partial charge in [-0.3, -0.25) is 38.4 Å². The Balaban J connectivity index is 0.000000608. The smallest absolute Gasteiger partial charge is 0.316 e. The molecule has 0 aromatic heterocycles. The van der Waals surface area contributed by atoms with Gasteiger partial charge in [0.25, 0.3) is 0 Å². The monoisotopic (exact) mass is 1470 g/mol. The summed E-state index contributed by atoms with van der Waals surface area (Å²) < 4.78 is 68.6. The van der Waals surface area contributed by atoms with Crippen LogP contribution in [0.4, 0.5) is 0 Å². The number of thiol groups is 3. The van der Waals surface area contributed by atoms with Crippen molar-refractivity contribution in [1.29, 1.82) is 0 Å². The number of aliphatic hydroxyl groups excluding tert-OH is 12. The van der Waals surface area contributed by atoms with Gasteiger partial charge in [-0.25, -0.2) is 0 Å². The zero-order valence-electron chi connectivity index (χ0n) is 55.4. The Labute approximate surface area is 576 Å². The third-order valence-electron chi connectivity index (χ3n) is 14.0. The molecule has 41 heteroatoms. The summed E-state index contributed by atoms with van der Waals surface area (Å²) in [5.41, 5.74) is 0. The average molecular weight is 1470 g/mol. The van der Waals surface area contributed by atoms with Crippen LogP contribution in [0, 0.1) is 0 Å². The Bertz CT molecular complexity index is 2120. The van der Waals surface area contributed by atoms with Crippen LogP contribution in [0.5, 0.6) is 0 Å². The molecule has 0 bridgehead atoms. The van der Waals surface area contributed by atoms with Gasteiger partial charge in [0.15, 0.2) is 49.8 Å². The van der Waals surface area contributed by atoms with Crippen molar-refractivity contribution >= 4 is 85.3 Å². The van der Waals surface area contributed by atoms with Crippen LogP contribution < -0.4 is 26.6 Å². The Hall–Kier alpha value is -4.07. The second-order valence-corrected chi connectivity index (χ2v) is 22.3. The summed E-state index contributed by atoms with van der Waals surface area (Å²) in [4.78, 5) is 90.3. The number of hydrogen-bond acceptors (Lipinski definition) is 36. The number of hydrogen-bond donors (Lipinski definition) is 20. The number of carbonyl (C=O) groups is 8. The first-order chi connectivity index (χ1) is 45.8. The van der Waals surface area contributed by atoms with Crippen LogP contribution in [0.1, 0.15) is 69.2 Å². The lowest BCUT2D eigenvalue weighted by molar-refractivity contribution is -0.272. The normalized spacial score (nSPS) is 34.4. The number of nitrogens with one attached hydrogen (secondary N) is 5. The van der Waals surface area contributed by atoms with Gasteiger partial charge in [-0.2, -0.15) is 37.9 Å². The molecule has 0 aromatic rings. The van der Waals surface area contributed by atoms with Crippen LogP contribution in [0.15, 0.2) is 0 Å². The van der Waals surface area contributed by atoms with E-state index in [2.05, 4.69) is 64.5 Å². The highest BCUT2D eigenvalue weighted by Gasteiger charge is 2.52. The molecule has 566 valence electrons. The molecule has 0 aliphatic carbocycles. The number of amides is 5. The molecule has 5 heterocycles. The molecular weight excluding hydrogens is 1370 g/mol. The van der Waals surface area contributed by atoms with Crippen molar-refractivity contribution in [2.75, 3.05) is 83.3 Å². The Morgan fingerprint density at radius 2 is 0.485 bits per heavy atom. The molecule has 0 aromatic carbocycles. The van der Waals surface area contributed by atoms with E-state index < -0.39 is 222 Å². The van der Waals surface area contributed by atoms with Crippen LogP contribution in [0.25, 0.3) is 0 Å². The Kier molecular flexibility index (Phi) is 44.9. The van der Waals surface area contributed by atoms with Gasteiger partial charge in [0.2, 0.25) is 29.5 Å². The molecule has 0 spiro atoms. The lowest BCUT2D eigenvalue weighted by Crippen LogP contribution is -2.65. The quantitative estimate of drug-likeness (QED) is 0.0217. The van der Waals surface area contributed by atoms with E-state index in [9.17, 15) is 89.4 Å². The Morgan fingerprint density at radius 3 is 0.649 bits per heavy atom. The van der Waals surface area contributed by atoms with Crippen molar-refractivity contribution in [1.82, 2.24) is 26.6 Å². The fourth-order valence-electron chi connectivity index (χ4n) is 9.83. The maximum Gasteiger partial charge on any atom is 0.316 e. The number of ether oxygens (including phenoxy) is 13. The highest BCUT2D eigenvalue weighted by atomic mass is 32.1. The minimum Gasteiger partial charge on any atom is -0.456 e. The zero-order valence-corrected chi connectivity index (χ0v) is 58.1. The summed E-state index contributed by atoms with van der Waals surface area (Å²) in [5, 5.41) is 128. The van der Waals surface area contributed by atoms with Crippen LogP contribution in [0.2, 0.25) is 0 Å². The molecule has 5 aliphatic rings. The first kappa shape index (κ1) is 90.9. The number of aliphatic hydroxyl groups is 12. The van der Waals surface area contributed by atoms with Crippen LogP contribution in [-0.4, -0.2) is 345 Å². The molecule has 25 atom stereocenters. The van der Waals surface area contributed by atoms with Crippen molar-refractivity contribution in [2.45, 2.75) is 222 Å². The summed E-state index contributed by atoms with van der Waals surface area (Å²) >= 11 is 11.4. The molecular formula is C56H101N5O33S3. The van der Waals surface area contributed by atoms with Crippen LogP contribution in [-0.2, 0) is 99.9 Å². The molecule has 0 saturated carbocycles. The highest BCUT2D eigenvalue weighted by Crippen LogP contribution is 2.29. The molecule has 38 nitrogen and oxygen atoms in total. The van der Waals surface area contributed by atoms with Gasteiger partial charge < -0.3 is 149 Å². The summed E-state index contributed by atoms with van der Waals surface area (Å²) in [6.07, 6.45) is -21.7. The number of esters is 3. The van der Waals surface area contributed by atoms with Gasteiger partial charge in [0, 0.05) is 67.7 Å². The third-order valence-corrected chi connectivity index (χ3v) is 14.8. The van der Waals surface area contributed by atoms with Crippen molar-refractivity contribution in [3.8, 4) is 0 Å². The number of carbonyl (C=O) groups excluding carboxylic acids is 8. The van der Waals surface area contributed by atoms with E-state index in [0.717, 1.165) is 0 Å². The Morgan fingerprint density at radius 1 is 0.309 bits per heavy atom. The molecule has 17 N–H and O–H groups in total. The van der Waals surface area contributed by atoms with Crippen molar-refractivity contribution in [3.05, 3.63) is 0 Å². The third kappa shape index (κ3) is 29.4. The van der Waals surface area contributed by atoms with Gasteiger partial charge in [-0.15, -0.1) is 0 Å². The minimum absolute atomic E-state index is 0.181. The highest BCUT2D eigenvalue weighted by molar-refractivity contribution is 7.81. The standard InChI is InChI=1S/3C12H21NO7S.2C10H19NO6/c3*1-3-18-12-9(13-6(2)15)11(20-8(16)5-21)10(17)7(4-14)19-12;2*1-3-16-10-7(11-5(2)13)9(15)8(14)6(4-12)17-10/h3*7,9-12,14,17,21H,3-5H2,1-2H3,(H,13,15);2*6-10,12,14-15H,3-4H2,1-2H3,(H,11,13). The topological polar surface area (TPSA) is 559 Å². The summed E-state index contributed by atoms with van der Waals surface area (Å²) in [7, 11) is 0. The van der Waals surface area contributed by atoms with E-state index in [1.54, 1.807) is 34.6 Å². The van der Waals surface area contributed by atoms with Gasteiger partial charge in [0.1, 0.15) is 103 Å². The lowest BCUT2D eigenvalue weighted by atomic mass is 9.96. The van der Waals surface area contributed by atoms with E-state index in [0.29, 0.717) is 13.2 Å². The molecule has 25 unspecified atom stereocenters. The molecule has 0 radical (unpaired) electrons. The average Bonchev–Trinajstić information content (AvgIpc) is 0.834. The van der Waals surface area contributed by atoms with Gasteiger partial charge in [0.05, 0.1) is 50.3 Å². The van der Waals surface area contributed by atoms with E-state index in [1.807, 2.05) is 0 Å². The molecule has 5 amide bonds. The SMILES string of the molecule is CCOC1OC(CO)C(O)C(O)C1NC(C)=O.CCOC1OC(CO)C(O)C(O)C1NC(C)=O.CCOC1OC(CO)C(O)C(OC(=O)CS)C1NC(C)=O.CCOC1OC(CO)C(O)C(OC(=O)CS)C1NC(C)=O.CCOC1OC(CO)C(O)C(OC(=O)CS)C1NC(C)=O. The second-order valence-electron chi connectivity index (χ2n) is 21.3. The van der Waals surface area contributed by atoms with Gasteiger partial charge >= 0.3 is 17.9 Å². The first-order valence-corrected chi connectivity index (χ1v) is 32.7. The predicted octanol–water partition coefficient (Wildman–Crippen LogP) is -8.72. The van der Waals surface area contributed by atoms with E-state index in [4.69, 9.17) is 71.8 Å². The number of rotatable bonds is 26. The molecule has 5 rings (SSSR count). The maximum atomic E-state index is 11.4. The molecule has 5 aliphatic heterocycles. The zero-order chi connectivity index (χ0) is 74.0. The van der Waals surface area contributed by atoms with Crippen molar-refractivity contribution < 1.29 is 161 Å². The fraction of sp³-hybridized carbons (Fsp3) is 0.857. The molecule has 97 heavy (non-hydrogen) atoms. The van der Waals surface area contributed by atoms with E-state index >= 15 is 0 Å². The largest absolute Gasteiger partial charge is 0.456 e. The summed E-state index contributed by atoms with van der Waals surface area (Å²) in [5.74, 6) is -4.43. The fourth-order valence-corrected chi connectivity index (χ4v) is 10.1. The van der Waals surface area contributed by atoms with E-state index in [-0.39, 0.29) is 48.9 Å². The van der Waals surface area contributed by atoms with Crippen LogP contribution >= 0.6 is 37.9 Å². The minimum atomic E-state index is -1.30. The lowest BCUT2D eigenvalue weighted by Gasteiger charge is -2.43.